The number of hydrogen-bond donors (Lipinski definition) is 1. The molecule has 14 heavy (non-hydrogen) atoms. The largest absolute Gasteiger partial charge is 0.309 e. The van der Waals surface area contributed by atoms with E-state index in [4.69, 9.17) is 0 Å². The quantitative estimate of drug-likeness (QED) is 0.768. The van der Waals surface area contributed by atoms with Crippen LogP contribution < -0.4 is 5.32 Å². The highest BCUT2D eigenvalue weighted by Gasteiger charge is 2.06. The molecule has 0 radical (unpaired) electrons. The highest BCUT2D eigenvalue weighted by molar-refractivity contribution is 5.15. The van der Waals surface area contributed by atoms with Crippen molar-refractivity contribution in [3.05, 3.63) is 35.9 Å². The van der Waals surface area contributed by atoms with Gasteiger partial charge in [-0.15, -0.1) is 0 Å². The molecule has 1 atom stereocenters. The molecule has 0 heterocycles. The van der Waals surface area contributed by atoms with Gasteiger partial charge >= 0.3 is 0 Å². The summed E-state index contributed by atoms with van der Waals surface area (Å²) >= 11 is 0. The normalized spacial score (nSPS) is 13.1. The molecule has 3 heteroatoms. The van der Waals surface area contributed by atoms with Gasteiger partial charge in [0.15, 0.2) is 0 Å². The Morgan fingerprint density at radius 1 is 1.21 bits per heavy atom. The molecule has 0 fully saturated rings. The third kappa shape index (κ3) is 4.33. The number of benzene rings is 1. The second kappa shape index (κ2) is 5.70. The zero-order valence-electron chi connectivity index (χ0n) is 8.21. The van der Waals surface area contributed by atoms with Gasteiger partial charge < -0.3 is 5.32 Å². The van der Waals surface area contributed by atoms with Crippen LogP contribution in [0.15, 0.2) is 30.3 Å². The Labute approximate surface area is 83.1 Å². The average Bonchev–Trinajstić information content (AvgIpc) is 2.16. The SMILES string of the molecule is CC(Cc1ccccc1)NCC(F)F. The predicted octanol–water partition coefficient (Wildman–Crippen LogP) is 2.47. The third-order valence-electron chi connectivity index (χ3n) is 2.01. The van der Waals surface area contributed by atoms with Gasteiger partial charge in [-0.3, -0.25) is 0 Å². The Balaban J connectivity index is 2.30. The number of nitrogens with one attached hydrogen (secondary N) is 1. The van der Waals surface area contributed by atoms with Gasteiger partial charge in [-0.25, -0.2) is 8.78 Å². The van der Waals surface area contributed by atoms with Crippen molar-refractivity contribution in [3.8, 4) is 0 Å². The molecule has 0 amide bonds. The van der Waals surface area contributed by atoms with E-state index in [1.807, 2.05) is 37.3 Å². The van der Waals surface area contributed by atoms with Gasteiger partial charge in [0.2, 0.25) is 0 Å². The van der Waals surface area contributed by atoms with Crippen LogP contribution in [0.2, 0.25) is 0 Å². The zero-order chi connectivity index (χ0) is 10.4. The summed E-state index contributed by atoms with van der Waals surface area (Å²) in [6.45, 7) is 1.68. The number of alkyl halides is 2. The molecule has 1 aromatic rings. The first kappa shape index (κ1) is 11.1. The second-order valence-corrected chi connectivity index (χ2v) is 3.39. The fourth-order valence-corrected chi connectivity index (χ4v) is 1.33. The molecule has 0 aliphatic rings. The Hall–Kier alpha value is -0.960. The summed E-state index contributed by atoms with van der Waals surface area (Å²) < 4.78 is 23.7. The Morgan fingerprint density at radius 2 is 1.86 bits per heavy atom. The molecule has 0 aliphatic heterocycles. The van der Waals surface area contributed by atoms with Crippen LogP contribution in [0.3, 0.4) is 0 Å². The van der Waals surface area contributed by atoms with Crippen molar-refractivity contribution in [2.75, 3.05) is 6.54 Å². The van der Waals surface area contributed by atoms with Crippen LogP contribution >= 0.6 is 0 Å². The van der Waals surface area contributed by atoms with Crippen LogP contribution in [-0.4, -0.2) is 19.0 Å². The van der Waals surface area contributed by atoms with Gasteiger partial charge in [0.1, 0.15) is 0 Å². The minimum Gasteiger partial charge on any atom is -0.309 e. The fraction of sp³-hybridized carbons (Fsp3) is 0.455. The molecule has 1 unspecified atom stereocenters. The lowest BCUT2D eigenvalue weighted by atomic mass is 10.1. The topological polar surface area (TPSA) is 12.0 Å². The Kier molecular flexibility index (Phi) is 4.53. The highest BCUT2D eigenvalue weighted by Crippen LogP contribution is 2.02. The van der Waals surface area contributed by atoms with Gasteiger partial charge in [0.25, 0.3) is 6.43 Å². The fourth-order valence-electron chi connectivity index (χ4n) is 1.33. The van der Waals surface area contributed by atoms with Crippen molar-refractivity contribution >= 4 is 0 Å². The first-order valence-corrected chi connectivity index (χ1v) is 4.74. The summed E-state index contributed by atoms with van der Waals surface area (Å²) in [5.74, 6) is 0. The molecule has 0 aromatic heterocycles. The molecule has 0 saturated carbocycles. The van der Waals surface area contributed by atoms with Gasteiger partial charge in [0, 0.05) is 6.04 Å². The van der Waals surface area contributed by atoms with E-state index in [1.54, 1.807) is 0 Å². The standard InChI is InChI=1S/C11H15F2N/c1-9(14-8-11(12)13)7-10-5-3-2-4-6-10/h2-6,9,11,14H,7-8H2,1H3. The maximum atomic E-state index is 11.9. The molecule has 1 rings (SSSR count). The first-order valence-electron chi connectivity index (χ1n) is 4.74. The summed E-state index contributed by atoms with van der Waals surface area (Å²) in [4.78, 5) is 0. The molecular weight excluding hydrogens is 184 g/mol. The molecular formula is C11H15F2N. The minimum atomic E-state index is -2.27. The van der Waals surface area contributed by atoms with E-state index in [1.165, 1.54) is 5.56 Å². The summed E-state index contributed by atoms with van der Waals surface area (Å²) in [5, 5.41) is 2.78. The monoisotopic (exact) mass is 199 g/mol. The van der Waals surface area contributed by atoms with Crippen LogP contribution in [0, 0.1) is 0 Å². The van der Waals surface area contributed by atoms with Crippen molar-refractivity contribution < 1.29 is 8.78 Å². The molecule has 1 aromatic carbocycles. The van der Waals surface area contributed by atoms with Crippen molar-refractivity contribution in [2.45, 2.75) is 25.8 Å². The van der Waals surface area contributed by atoms with Gasteiger partial charge in [-0.05, 0) is 18.9 Å². The van der Waals surface area contributed by atoms with Gasteiger partial charge in [0.05, 0.1) is 6.54 Å². The van der Waals surface area contributed by atoms with Crippen molar-refractivity contribution in [3.63, 3.8) is 0 Å². The van der Waals surface area contributed by atoms with Crippen LogP contribution in [0.5, 0.6) is 0 Å². The number of hydrogen-bond acceptors (Lipinski definition) is 1. The molecule has 0 saturated heterocycles. The highest BCUT2D eigenvalue weighted by atomic mass is 19.3. The van der Waals surface area contributed by atoms with Crippen LogP contribution in [0.4, 0.5) is 8.78 Å². The number of rotatable bonds is 5. The van der Waals surface area contributed by atoms with E-state index in [2.05, 4.69) is 5.32 Å². The summed E-state index contributed by atoms with van der Waals surface area (Å²) in [6.07, 6.45) is -1.48. The molecule has 0 spiro atoms. The van der Waals surface area contributed by atoms with Crippen LogP contribution in [-0.2, 0) is 6.42 Å². The molecule has 1 N–H and O–H groups in total. The van der Waals surface area contributed by atoms with Crippen molar-refractivity contribution in [2.24, 2.45) is 0 Å². The van der Waals surface area contributed by atoms with Gasteiger partial charge in [-0.2, -0.15) is 0 Å². The Bertz CT molecular complexity index is 249. The van der Waals surface area contributed by atoms with Crippen molar-refractivity contribution in [1.82, 2.24) is 5.32 Å². The van der Waals surface area contributed by atoms with Gasteiger partial charge in [-0.1, -0.05) is 30.3 Å². The van der Waals surface area contributed by atoms with Crippen LogP contribution in [0.1, 0.15) is 12.5 Å². The van der Waals surface area contributed by atoms with E-state index < -0.39 is 6.43 Å². The lowest BCUT2D eigenvalue weighted by Crippen LogP contribution is -2.32. The van der Waals surface area contributed by atoms with E-state index >= 15 is 0 Å². The first-order chi connectivity index (χ1) is 6.68. The summed E-state index contributed by atoms with van der Waals surface area (Å²) in [5.41, 5.74) is 1.17. The summed E-state index contributed by atoms with van der Waals surface area (Å²) in [7, 11) is 0. The van der Waals surface area contributed by atoms with Crippen molar-refractivity contribution in [1.29, 1.82) is 0 Å². The number of halogens is 2. The van der Waals surface area contributed by atoms with E-state index in [0.717, 1.165) is 6.42 Å². The van der Waals surface area contributed by atoms with E-state index in [9.17, 15) is 8.78 Å². The molecule has 0 bridgehead atoms. The smallest absolute Gasteiger partial charge is 0.250 e. The second-order valence-electron chi connectivity index (χ2n) is 3.39. The zero-order valence-corrected chi connectivity index (χ0v) is 8.21. The molecule has 0 aliphatic carbocycles. The lowest BCUT2D eigenvalue weighted by molar-refractivity contribution is 0.142. The maximum Gasteiger partial charge on any atom is 0.250 e. The van der Waals surface area contributed by atoms with E-state index in [0.29, 0.717) is 0 Å². The van der Waals surface area contributed by atoms with Crippen LogP contribution in [0.25, 0.3) is 0 Å². The Morgan fingerprint density at radius 3 is 2.43 bits per heavy atom. The molecule has 78 valence electrons. The summed E-state index contributed by atoms with van der Waals surface area (Å²) in [6, 6.07) is 9.94. The maximum absolute atomic E-state index is 11.9. The minimum absolute atomic E-state index is 0.0893. The van der Waals surface area contributed by atoms with E-state index in [-0.39, 0.29) is 12.6 Å². The lowest BCUT2D eigenvalue weighted by Gasteiger charge is -2.13. The average molecular weight is 199 g/mol. The molecule has 1 nitrogen and oxygen atoms in total. The third-order valence-corrected chi connectivity index (χ3v) is 2.01. The predicted molar refractivity (Wildman–Crippen MR) is 53.6 cm³/mol.